The third-order valence-corrected chi connectivity index (χ3v) is 5.21. The van der Waals surface area contributed by atoms with E-state index in [-0.39, 0.29) is 28.5 Å². The van der Waals surface area contributed by atoms with Crippen molar-refractivity contribution in [3.63, 3.8) is 0 Å². The average Bonchev–Trinajstić information content (AvgIpc) is 2.32. The van der Waals surface area contributed by atoms with Crippen LogP contribution < -0.4 is 11.1 Å². The van der Waals surface area contributed by atoms with Gasteiger partial charge in [0.2, 0.25) is 0 Å². The van der Waals surface area contributed by atoms with E-state index in [1.54, 1.807) is 23.9 Å². The van der Waals surface area contributed by atoms with Gasteiger partial charge in [-0.3, -0.25) is 0 Å². The van der Waals surface area contributed by atoms with Gasteiger partial charge in [0.05, 0.1) is 22.9 Å². The molecule has 0 fully saturated rings. The second-order valence-corrected chi connectivity index (χ2v) is 7.44. The smallest absolute Gasteiger partial charge is 0.177 e. The number of nitrogens with one attached hydrogen (secondary N) is 1. The predicted octanol–water partition coefficient (Wildman–Crippen LogP) is 1.20. The molecule has 0 aromatic heterocycles. The normalized spacial score (nSPS) is 14.9. The summed E-state index contributed by atoms with van der Waals surface area (Å²) in [6, 6.07) is 4.83. The minimum atomic E-state index is -3.34. The topological polar surface area (TPSA) is 92.4 Å². The first-order chi connectivity index (χ1) is 8.81. The predicted molar refractivity (Wildman–Crippen MR) is 81.4 cm³/mol. The standard InChI is InChI=1S/C12H20N2O3S2/c1-8(10(7-15)18-2)14-9-5-4-6-11(12(9)13)19(3,16)17/h4-6,8,10,14-15H,7,13H2,1-3H3. The van der Waals surface area contributed by atoms with Gasteiger partial charge in [-0.15, -0.1) is 0 Å². The molecule has 0 bridgehead atoms. The van der Waals surface area contributed by atoms with E-state index >= 15 is 0 Å². The molecule has 2 atom stereocenters. The Morgan fingerprint density at radius 2 is 2.11 bits per heavy atom. The van der Waals surface area contributed by atoms with Crippen molar-refractivity contribution in [1.29, 1.82) is 0 Å². The fourth-order valence-electron chi connectivity index (χ4n) is 1.77. The van der Waals surface area contributed by atoms with Crippen LogP contribution in [-0.4, -0.2) is 43.9 Å². The number of aliphatic hydroxyl groups is 1. The van der Waals surface area contributed by atoms with Gasteiger partial charge in [-0.25, -0.2) is 8.42 Å². The minimum Gasteiger partial charge on any atom is -0.396 e. The SMILES string of the molecule is CSC(CO)C(C)Nc1cccc(S(C)(=O)=O)c1N. The van der Waals surface area contributed by atoms with Crippen molar-refractivity contribution in [2.75, 3.05) is 30.2 Å². The second-order valence-electron chi connectivity index (χ2n) is 4.38. The largest absolute Gasteiger partial charge is 0.396 e. The third-order valence-electron chi connectivity index (χ3n) is 2.89. The van der Waals surface area contributed by atoms with Gasteiger partial charge < -0.3 is 16.2 Å². The summed E-state index contributed by atoms with van der Waals surface area (Å²) in [6.45, 7) is 1.96. The number of para-hydroxylation sites is 1. The molecule has 19 heavy (non-hydrogen) atoms. The minimum absolute atomic E-state index is 0.0151. The molecule has 2 unspecified atom stereocenters. The number of hydrogen-bond acceptors (Lipinski definition) is 6. The molecule has 0 saturated carbocycles. The third kappa shape index (κ3) is 4.02. The summed E-state index contributed by atoms with van der Waals surface area (Å²) in [7, 11) is -3.34. The van der Waals surface area contributed by atoms with Crippen LogP contribution in [0.15, 0.2) is 23.1 Å². The number of aliphatic hydroxyl groups excluding tert-OH is 1. The maximum atomic E-state index is 11.6. The van der Waals surface area contributed by atoms with Crippen molar-refractivity contribution in [3.05, 3.63) is 18.2 Å². The van der Waals surface area contributed by atoms with Crippen LogP contribution >= 0.6 is 11.8 Å². The number of sulfone groups is 1. The van der Waals surface area contributed by atoms with Crippen molar-refractivity contribution in [1.82, 2.24) is 0 Å². The van der Waals surface area contributed by atoms with Crippen LogP contribution in [-0.2, 0) is 9.84 Å². The number of anilines is 2. The van der Waals surface area contributed by atoms with E-state index in [2.05, 4.69) is 5.32 Å². The van der Waals surface area contributed by atoms with E-state index in [1.807, 2.05) is 13.2 Å². The Balaban J connectivity index is 3.04. The highest BCUT2D eigenvalue weighted by Gasteiger charge is 2.18. The molecule has 0 heterocycles. The van der Waals surface area contributed by atoms with E-state index in [1.165, 1.54) is 6.07 Å². The van der Waals surface area contributed by atoms with Crippen LogP contribution in [0.25, 0.3) is 0 Å². The lowest BCUT2D eigenvalue weighted by atomic mass is 10.2. The second kappa shape index (κ2) is 6.49. The van der Waals surface area contributed by atoms with E-state index in [9.17, 15) is 13.5 Å². The Kier molecular flexibility index (Phi) is 5.51. The monoisotopic (exact) mass is 304 g/mol. The molecule has 0 aliphatic heterocycles. The van der Waals surface area contributed by atoms with Crippen molar-refractivity contribution >= 4 is 33.0 Å². The number of benzene rings is 1. The summed E-state index contributed by atoms with van der Waals surface area (Å²) in [6.07, 6.45) is 3.04. The number of rotatable bonds is 6. The van der Waals surface area contributed by atoms with Crippen LogP contribution in [0.4, 0.5) is 11.4 Å². The number of hydrogen-bond donors (Lipinski definition) is 3. The van der Waals surface area contributed by atoms with Crippen LogP contribution in [0.1, 0.15) is 6.92 Å². The highest BCUT2D eigenvalue weighted by Crippen LogP contribution is 2.28. The number of nitrogens with two attached hydrogens (primary N) is 1. The Morgan fingerprint density at radius 3 is 2.58 bits per heavy atom. The van der Waals surface area contributed by atoms with Crippen molar-refractivity contribution in [3.8, 4) is 0 Å². The van der Waals surface area contributed by atoms with E-state index in [4.69, 9.17) is 5.73 Å². The molecule has 0 saturated heterocycles. The summed E-state index contributed by atoms with van der Waals surface area (Å²) in [5, 5.41) is 12.4. The van der Waals surface area contributed by atoms with Gasteiger partial charge in [-0.2, -0.15) is 11.8 Å². The lowest BCUT2D eigenvalue weighted by Crippen LogP contribution is -2.31. The summed E-state index contributed by atoms with van der Waals surface area (Å²) in [4.78, 5) is 0.120. The lowest BCUT2D eigenvalue weighted by Gasteiger charge is -2.23. The first kappa shape index (κ1) is 16.1. The molecule has 108 valence electrons. The molecule has 4 N–H and O–H groups in total. The van der Waals surface area contributed by atoms with Gasteiger partial charge >= 0.3 is 0 Å². The Morgan fingerprint density at radius 1 is 1.47 bits per heavy atom. The Labute approximate surface area is 118 Å². The molecular formula is C12H20N2O3S2. The van der Waals surface area contributed by atoms with Crippen molar-refractivity contribution in [2.45, 2.75) is 23.1 Å². The van der Waals surface area contributed by atoms with Gasteiger partial charge in [-0.1, -0.05) is 6.07 Å². The molecule has 7 heteroatoms. The average molecular weight is 304 g/mol. The first-order valence-corrected chi connectivity index (χ1v) is 8.98. The summed E-state index contributed by atoms with van der Waals surface area (Å²) in [5.41, 5.74) is 6.68. The van der Waals surface area contributed by atoms with Crippen LogP contribution in [0.5, 0.6) is 0 Å². The summed E-state index contributed by atoms with van der Waals surface area (Å²) in [5.74, 6) is 0. The van der Waals surface area contributed by atoms with Gasteiger partial charge in [0, 0.05) is 17.5 Å². The van der Waals surface area contributed by atoms with Gasteiger partial charge in [0.25, 0.3) is 0 Å². The first-order valence-electron chi connectivity index (χ1n) is 5.80. The maximum absolute atomic E-state index is 11.6. The summed E-state index contributed by atoms with van der Waals surface area (Å²) >= 11 is 1.54. The van der Waals surface area contributed by atoms with E-state index in [0.29, 0.717) is 5.69 Å². The van der Waals surface area contributed by atoms with Crippen LogP contribution in [0, 0.1) is 0 Å². The number of thioether (sulfide) groups is 1. The van der Waals surface area contributed by atoms with E-state index < -0.39 is 9.84 Å². The Hall–Kier alpha value is -0.920. The fourth-order valence-corrected chi connectivity index (χ4v) is 3.23. The molecule has 0 amide bonds. The van der Waals surface area contributed by atoms with Gasteiger partial charge in [-0.05, 0) is 25.3 Å². The van der Waals surface area contributed by atoms with Gasteiger partial charge in [0.1, 0.15) is 0 Å². The zero-order valence-electron chi connectivity index (χ0n) is 11.3. The van der Waals surface area contributed by atoms with Crippen molar-refractivity contribution in [2.24, 2.45) is 0 Å². The van der Waals surface area contributed by atoms with Crippen molar-refractivity contribution < 1.29 is 13.5 Å². The van der Waals surface area contributed by atoms with Crippen LogP contribution in [0.3, 0.4) is 0 Å². The zero-order valence-corrected chi connectivity index (χ0v) is 12.9. The molecule has 1 rings (SSSR count). The maximum Gasteiger partial charge on any atom is 0.177 e. The molecule has 0 aliphatic carbocycles. The highest BCUT2D eigenvalue weighted by atomic mass is 32.2. The molecule has 0 aliphatic rings. The van der Waals surface area contributed by atoms with E-state index in [0.717, 1.165) is 6.26 Å². The summed E-state index contributed by atoms with van der Waals surface area (Å²) < 4.78 is 23.2. The molecule has 0 spiro atoms. The quantitative estimate of drug-likeness (QED) is 0.684. The molecule has 5 nitrogen and oxygen atoms in total. The van der Waals surface area contributed by atoms with Crippen LogP contribution in [0.2, 0.25) is 0 Å². The zero-order chi connectivity index (χ0) is 14.6. The fraction of sp³-hybridized carbons (Fsp3) is 0.500. The molecule has 1 aromatic rings. The highest BCUT2D eigenvalue weighted by molar-refractivity contribution is 7.99. The molecule has 0 radical (unpaired) electrons. The lowest BCUT2D eigenvalue weighted by molar-refractivity contribution is 0.288. The molecular weight excluding hydrogens is 284 g/mol. The Bertz CT molecular complexity index is 528. The number of nitrogen functional groups attached to an aromatic ring is 1. The molecule has 1 aromatic carbocycles. The van der Waals surface area contributed by atoms with Gasteiger partial charge in [0.15, 0.2) is 9.84 Å².